The summed E-state index contributed by atoms with van der Waals surface area (Å²) in [7, 11) is 0. The van der Waals surface area contributed by atoms with Crippen molar-refractivity contribution in [1.29, 1.82) is 0 Å². The monoisotopic (exact) mass is 478 g/mol. The highest BCUT2D eigenvalue weighted by Gasteiger charge is 2.28. The molecule has 1 aromatic heterocycles. The lowest BCUT2D eigenvalue weighted by Crippen LogP contribution is -2.09. The van der Waals surface area contributed by atoms with Gasteiger partial charge in [-0.25, -0.2) is 9.97 Å². The number of aryl methyl sites for hydroxylation is 1. The molecule has 1 heterocycles. The summed E-state index contributed by atoms with van der Waals surface area (Å²) < 4.78 is -1.74. The second-order valence-corrected chi connectivity index (χ2v) is 9.80. The molecule has 0 fully saturated rings. The SMILES string of the molecule is Cc1ccc2nc(C(Cl)(Cl)Cl)nc(N/N=C\c3c4ccccc4cc4ccccc34)c2c1. The second kappa shape index (κ2) is 8.21. The van der Waals surface area contributed by atoms with E-state index >= 15 is 0 Å². The number of halogens is 3. The van der Waals surface area contributed by atoms with Crippen LogP contribution in [0.3, 0.4) is 0 Å². The fraction of sp³-hybridized carbons (Fsp3) is 0.0800. The van der Waals surface area contributed by atoms with Crippen molar-refractivity contribution in [3.63, 3.8) is 0 Å². The largest absolute Gasteiger partial charge is 0.261 e. The first-order valence-corrected chi connectivity index (χ1v) is 11.1. The van der Waals surface area contributed by atoms with Gasteiger partial charge in [0.25, 0.3) is 0 Å². The van der Waals surface area contributed by atoms with Crippen LogP contribution < -0.4 is 5.43 Å². The Morgan fingerprint density at radius 3 is 2.12 bits per heavy atom. The third-order valence-electron chi connectivity index (χ3n) is 5.28. The highest BCUT2D eigenvalue weighted by atomic mass is 35.6. The molecule has 158 valence electrons. The maximum Gasteiger partial charge on any atom is 0.250 e. The molecule has 0 amide bonds. The number of hydrogen-bond donors (Lipinski definition) is 1. The number of rotatable bonds is 3. The molecule has 4 aromatic carbocycles. The summed E-state index contributed by atoms with van der Waals surface area (Å²) in [6.45, 7) is 2.00. The number of alkyl halides is 3. The zero-order valence-electron chi connectivity index (χ0n) is 17.0. The molecule has 0 bridgehead atoms. The van der Waals surface area contributed by atoms with E-state index in [2.05, 4.69) is 50.8 Å². The lowest BCUT2D eigenvalue weighted by molar-refractivity contribution is 0.992. The van der Waals surface area contributed by atoms with Gasteiger partial charge in [0.15, 0.2) is 11.6 Å². The van der Waals surface area contributed by atoms with Crippen molar-refractivity contribution >= 4 is 79.3 Å². The Labute approximate surface area is 199 Å². The van der Waals surface area contributed by atoms with Gasteiger partial charge in [-0.2, -0.15) is 5.10 Å². The molecule has 1 N–H and O–H groups in total. The minimum absolute atomic E-state index is 0.0900. The van der Waals surface area contributed by atoms with Crippen LogP contribution >= 0.6 is 34.8 Å². The molecule has 5 aromatic rings. The van der Waals surface area contributed by atoms with Crippen molar-refractivity contribution in [2.24, 2.45) is 5.10 Å². The molecular weight excluding hydrogens is 463 g/mol. The summed E-state index contributed by atoms with van der Waals surface area (Å²) in [6.07, 6.45) is 1.81. The third kappa shape index (κ3) is 3.97. The Morgan fingerprint density at radius 1 is 0.812 bits per heavy atom. The maximum absolute atomic E-state index is 6.06. The van der Waals surface area contributed by atoms with E-state index < -0.39 is 3.79 Å². The quantitative estimate of drug-likeness (QED) is 0.126. The number of nitrogens with one attached hydrogen (secondary N) is 1. The molecule has 0 aliphatic heterocycles. The van der Waals surface area contributed by atoms with Crippen LogP contribution in [0.25, 0.3) is 32.4 Å². The zero-order valence-corrected chi connectivity index (χ0v) is 19.2. The van der Waals surface area contributed by atoms with Crippen LogP contribution in [0.1, 0.15) is 17.0 Å². The van der Waals surface area contributed by atoms with Crippen LogP contribution in [0.15, 0.2) is 77.9 Å². The molecule has 0 aliphatic carbocycles. The number of anilines is 1. The van der Waals surface area contributed by atoms with Crippen molar-refractivity contribution in [3.05, 3.63) is 89.7 Å². The molecule has 32 heavy (non-hydrogen) atoms. The molecule has 0 aliphatic rings. The lowest BCUT2D eigenvalue weighted by Gasteiger charge is -2.13. The highest BCUT2D eigenvalue weighted by molar-refractivity contribution is 6.66. The molecule has 0 saturated carbocycles. The van der Waals surface area contributed by atoms with Crippen LogP contribution in [-0.4, -0.2) is 16.2 Å². The first-order valence-electron chi connectivity index (χ1n) is 9.95. The zero-order chi connectivity index (χ0) is 22.3. The van der Waals surface area contributed by atoms with Crippen molar-refractivity contribution in [1.82, 2.24) is 9.97 Å². The average molecular weight is 480 g/mol. The van der Waals surface area contributed by atoms with E-state index in [0.29, 0.717) is 11.3 Å². The molecule has 0 radical (unpaired) electrons. The summed E-state index contributed by atoms with van der Waals surface area (Å²) in [5.74, 6) is 0.563. The minimum Gasteiger partial charge on any atom is -0.261 e. The van der Waals surface area contributed by atoms with Crippen LogP contribution in [0.5, 0.6) is 0 Å². The van der Waals surface area contributed by atoms with Gasteiger partial charge in [0.2, 0.25) is 3.79 Å². The van der Waals surface area contributed by atoms with Gasteiger partial charge in [0, 0.05) is 10.9 Å². The van der Waals surface area contributed by atoms with E-state index in [-0.39, 0.29) is 5.82 Å². The Bertz CT molecular complexity index is 1450. The van der Waals surface area contributed by atoms with E-state index in [0.717, 1.165) is 38.1 Å². The van der Waals surface area contributed by atoms with Gasteiger partial charge in [0.05, 0.1) is 11.7 Å². The van der Waals surface area contributed by atoms with Gasteiger partial charge < -0.3 is 0 Å². The van der Waals surface area contributed by atoms with Crippen LogP contribution in [0.4, 0.5) is 5.82 Å². The molecule has 7 heteroatoms. The van der Waals surface area contributed by atoms with Gasteiger partial charge >= 0.3 is 0 Å². The minimum atomic E-state index is -1.74. The summed E-state index contributed by atoms with van der Waals surface area (Å²) in [5.41, 5.74) is 5.80. The van der Waals surface area contributed by atoms with Gasteiger partial charge in [-0.3, -0.25) is 5.43 Å². The van der Waals surface area contributed by atoms with Crippen LogP contribution in [0.2, 0.25) is 0 Å². The van der Waals surface area contributed by atoms with Gasteiger partial charge in [-0.1, -0.05) is 95.0 Å². The van der Waals surface area contributed by atoms with Crippen molar-refractivity contribution in [3.8, 4) is 0 Å². The molecule has 0 unspecified atom stereocenters. The van der Waals surface area contributed by atoms with E-state index in [1.807, 2.05) is 55.6 Å². The topological polar surface area (TPSA) is 50.2 Å². The highest BCUT2D eigenvalue weighted by Crippen LogP contribution is 2.37. The predicted octanol–water partition coefficient (Wildman–Crippen LogP) is 7.52. The maximum atomic E-state index is 6.06. The number of benzene rings is 4. The number of aromatic nitrogens is 2. The summed E-state index contributed by atoms with van der Waals surface area (Å²) in [6, 6.07) is 24.5. The lowest BCUT2D eigenvalue weighted by atomic mass is 9.97. The summed E-state index contributed by atoms with van der Waals surface area (Å²) in [4.78, 5) is 8.83. The summed E-state index contributed by atoms with van der Waals surface area (Å²) in [5, 5.41) is 9.84. The van der Waals surface area contributed by atoms with Gasteiger partial charge in [0.1, 0.15) is 0 Å². The van der Waals surface area contributed by atoms with Gasteiger partial charge in [-0.15, -0.1) is 0 Å². The average Bonchev–Trinajstić information content (AvgIpc) is 2.78. The smallest absolute Gasteiger partial charge is 0.250 e. The second-order valence-electron chi connectivity index (χ2n) is 7.52. The molecule has 4 nitrogen and oxygen atoms in total. The van der Waals surface area contributed by atoms with Crippen LogP contribution in [-0.2, 0) is 3.79 Å². The molecule has 0 atom stereocenters. The van der Waals surface area contributed by atoms with Crippen LogP contribution in [0, 0.1) is 6.92 Å². The molecular formula is C25H17Cl3N4. The number of fused-ring (bicyclic) bond motifs is 3. The van der Waals surface area contributed by atoms with E-state index in [1.54, 1.807) is 0 Å². The standard InChI is InChI=1S/C25H17Cl3N4/c1-15-10-11-22-20(12-15)23(31-24(30-22)25(26,27)28)32-29-14-21-18-8-4-2-6-16(18)13-17-7-3-5-9-19(17)21/h2-14H,1H3,(H,30,31,32)/b29-14-. The fourth-order valence-electron chi connectivity index (χ4n) is 3.80. The molecule has 5 rings (SSSR count). The Balaban J connectivity index is 1.63. The predicted molar refractivity (Wildman–Crippen MR) is 136 cm³/mol. The number of hydrogen-bond acceptors (Lipinski definition) is 4. The van der Waals surface area contributed by atoms with Gasteiger partial charge in [-0.05, 0) is 46.7 Å². The first kappa shape index (κ1) is 21.0. The fourth-order valence-corrected chi connectivity index (χ4v) is 4.05. The molecule has 0 saturated heterocycles. The Morgan fingerprint density at radius 2 is 1.47 bits per heavy atom. The Hall–Kier alpha value is -2.92. The first-order chi connectivity index (χ1) is 15.4. The number of hydrazone groups is 1. The van der Waals surface area contributed by atoms with Crippen molar-refractivity contribution < 1.29 is 0 Å². The van der Waals surface area contributed by atoms with E-state index in [9.17, 15) is 0 Å². The van der Waals surface area contributed by atoms with E-state index in [4.69, 9.17) is 34.8 Å². The number of nitrogens with zero attached hydrogens (tertiary/aromatic N) is 3. The summed E-state index contributed by atoms with van der Waals surface area (Å²) >= 11 is 18.2. The molecule has 0 spiro atoms. The van der Waals surface area contributed by atoms with E-state index in [1.165, 1.54) is 0 Å². The van der Waals surface area contributed by atoms with Crippen molar-refractivity contribution in [2.45, 2.75) is 10.7 Å². The van der Waals surface area contributed by atoms with Crippen molar-refractivity contribution in [2.75, 3.05) is 5.43 Å². The third-order valence-corrected chi connectivity index (χ3v) is 5.79. The normalized spacial score (nSPS) is 12.2. The Kier molecular flexibility index (Phi) is 5.38.